The summed E-state index contributed by atoms with van der Waals surface area (Å²) in [7, 11) is 1.49. The minimum atomic E-state index is -0.497. The monoisotopic (exact) mass is 454 g/mol. The molecule has 172 valence electrons. The highest BCUT2D eigenvalue weighted by Crippen LogP contribution is 2.40. The van der Waals surface area contributed by atoms with E-state index in [2.05, 4.69) is 16.0 Å². The van der Waals surface area contributed by atoms with Crippen molar-refractivity contribution in [2.24, 2.45) is 0 Å². The topological polar surface area (TPSA) is 135 Å². The number of carbonyl (C=O) groups is 4. The van der Waals surface area contributed by atoms with Crippen LogP contribution in [-0.2, 0) is 9.59 Å². The Morgan fingerprint density at radius 3 is 2.42 bits per heavy atom. The first kappa shape index (κ1) is 21.9. The van der Waals surface area contributed by atoms with Crippen LogP contribution < -0.4 is 30.2 Å². The van der Waals surface area contributed by atoms with Crippen LogP contribution in [0.5, 0.6) is 17.2 Å². The number of urea groups is 1. The van der Waals surface area contributed by atoms with E-state index >= 15 is 0 Å². The Bertz CT molecular complexity index is 1070. The SMILES string of the molecule is COc1cc(C(=O)Nc2ccc(NC(=O)CCN3C(=O)CNC3=O)cc2)cc2c1OCCO2. The number of rotatable bonds is 7. The Balaban J connectivity index is 1.34. The summed E-state index contributed by atoms with van der Waals surface area (Å²) < 4.78 is 16.4. The van der Waals surface area contributed by atoms with E-state index in [0.29, 0.717) is 47.4 Å². The van der Waals surface area contributed by atoms with Crippen molar-refractivity contribution in [1.29, 1.82) is 0 Å². The molecule has 0 aliphatic carbocycles. The van der Waals surface area contributed by atoms with Crippen molar-refractivity contribution in [2.45, 2.75) is 6.42 Å². The molecule has 11 nitrogen and oxygen atoms in total. The first-order valence-electron chi connectivity index (χ1n) is 10.2. The predicted octanol–water partition coefficient (Wildman–Crippen LogP) is 1.60. The first-order chi connectivity index (χ1) is 15.9. The molecule has 1 saturated heterocycles. The highest BCUT2D eigenvalue weighted by Gasteiger charge is 2.28. The Hall–Kier alpha value is -4.28. The molecule has 4 rings (SSSR count). The fraction of sp³-hybridized carbons (Fsp3) is 0.273. The van der Waals surface area contributed by atoms with Crippen LogP contribution in [0.2, 0.25) is 0 Å². The molecule has 0 atom stereocenters. The van der Waals surface area contributed by atoms with Gasteiger partial charge in [-0.2, -0.15) is 0 Å². The predicted molar refractivity (Wildman–Crippen MR) is 117 cm³/mol. The Labute approximate surface area is 189 Å². The standard InChI is InChI=1S/C22H22N4O7/c1-31-16-10-13(11-17-20(16)33-9-8-32-17)21(29)25-15-4-2-14(3-5-15)24-18(27)6-7-26-19(28)12-23-22(26)30/h2-5,10-11H,6-9,12H2,1H3,(H,23,30)(H,24,27)(H,25,29). The molecule has 0 bridgehead atoms. The quantitative estimate of drug-likeness (QED) is 0.541. The second-order valence-electron chi connectivity index (χ2n) is 7.24. The second-order valence-corrected chi connectivity index (χ2v) is 7.24. The molecule has 2 aromatic carbocycles. The van der Waals surface area contributed by atoms with E-state index in [9.17, 15) is 19.2 Å². The Morgan fingerprint density at radius 1 is 1.06 bits per heavy atom. The van der Waals surface area contributed by atoms with Gasteiger partial charge in [0.2, 0.25) is 17.6 Å². The van der Waals surface area contributed by atoms with E-state index in [1.165, 1.54) is 7.11 Å². The van der Waals surface area contributed by atoms with E-state index in [1.807, 2.05) is 0 Å². The number of nitrogens with zero attached hydrogens (tertiary/aromatic N) is 1. The zero-order valence-corrected chi connectivity index (χ0v) is 17.8. The third-order valence-corrected chi connectivity index (χ3v) is 5.02. The molecule has 5 amide bonds. The van der Waals surface area contributed by atoms with E-state index in [4.69, 9.17) is 14.2 Å². The smallest absolute Gasteiger partial charge is 0.324 e. The van der Waals surface area contributed by atoms with Crippen LogP contribution in [0.4, 0.5) is 16.2 Å². The lowest BCUT2D eigenvalue weighted by atomic mass is 10.1. The minimum absolute atomic E-state index is 0.00361. The number of hydrogen-bond acceptors (Lipinski definition) is 7. The van der Waals surface area contributed by atoms with Crippen molar-refractivity contribution < 1.29 is 33.4 Å². The van der Waals surface area contributed by atoms with Crippen LogP contribution >= 0.6 is 0 Å². The van der Waals surface area contributed by atoms with Gasteiger partial charge in [0.25, 0.3) is 5.91 Å². The van der Waals surface area contributed by atoms with Gasteiger partial charge in [0, 0.05) is 29.9 Å². The lowest BCUT2D eigenvalue weighted by molar-refractivity contribution is -0.125. The van der Waals surface area contributed by atoms with Crippen LogP contribution in [0.15, 0.2) is 36.4 Å². The fourth-order valence-corrected chi connectivity index (χ4v) is 3.36. The number of carbonyl (C=O) groups excluding carboxylic acids is 4. The van der Waals surface area contributed by atoms with Gasteiger partial charge in [0.1, 0.15) is 13.2 Å². The third-order valence-electron chi connectivity index (χ3n) is 5.02. The van der Waals surface area contributed by atoms with Gasteiger partial charge in [-0.05, 0) is 36.4 Å². The maximum Gasteiger partial charge on any atom is 0.324 e. The molecular weight excluding hydrogens is 432 g/mol. The van der Waals surface area contributed by atoms with Gasteiger partial charge in [0.05, 0.1) is 13.7 Å². The molecule has 0 unspecified atom stereocenters. The lowest BCUT2D eigenvalue weighted by Gasteiger charge is -2.21. The highest BCUT2D eigenvalue weighted by atomic mass is 16.6. The average molecular weight is 454 g/mol. The van der Waals surface area contributed by atoms with E-state index in [-0.39, 0.29) is 37.2 Å². The second kappa shape index (κ2) is 9.47. The van der Waals surface area contributed by atoms with Crippen molar-refractivity contribution in [3.05, 3.63) is 42.0 Å². The zero-order valence-electron chi connectivity index (χ0n) is 17.8. The molecule has 33 heavy (non-hydrogen) atoms. The summed E-state index contributed by atoms with van der Waals surface area (Å²) in [6.45, 7) is 0.746. The van der Waals surface area contributed by atoms with E-state index < -0.39 is 6.03 Å². The number of benzene rings is 2. The van der Waals surface area contributed by atoms with Gasteiger partial charge in [-0.1, -0.05) is 0 Å². The molecular formula is C22H22N4O7. The summed E-state index contributed by atoms with van der Waals surface area (Å²) in [6.07, 6.45) is -0.0242. The van der Waals surface area contributed by atoms with Crippen LogP contribution in [0, 0.1) is 0 Å². The number of ether oxygens (including phenoxy) is 3. The molecule has 0 saturated carbocycles. The first-order valence-corrected chi connectivity index (χ1v) is 10.2. The number of amides is 5. The third kappa shape index (κ3) is 4.97. The molecule has 1 fully saturated rings. The van der Waals surface area contributed by atoms with Crippen molar-refractivity contribution in [3.8, 4) is 17.2 Å². The van der Waals surface area contributed by atoms with Gasteiger partial charge in [-0.3, -0.25) is 19.3 Å². The fourth-order valence-electron chi connectivity index (χ4n) is 3.36. The number of anilines is 2. The number of methoxy groups -OCH3 is 1. The summed E-state index contributed by atoms with van der Waals surface area (Å²) in [6, 6.07) is 9.20. The van der Waals surface area contributed by atoms with Gasteiger partial charge < -0.3 is 30.2 Å². The van der Waals surface area contributed by atoms with Gasteiger partial charge in [0.15, 0.2) is 11.5 Å². The molecule has 2 heterocycles. The van der Waals surface area contributed by atoms with Gasteiger partial charge >= 0.3 is 6.03 Å². The molecule has 0 radical (unpaired) electrons. The molecule has 0 spiro atoms. The Morgan fingerprint density at radius 2 is 1.76 bits per heavy atom. The normalized spacial score (nSPS) is 14.5. The molecule has 3 N–H and O–H groups in total. The largest absolute Gasteiger partial charge is 0.493 e. The van der Waals surface area contributed by atoms with Crippen LogP contribution in [0.25, 0.3) is 0 Å². The molecule has 0 aromatic heterocycles. The number of nitrogens with one attached hydrogen (secondary N) is 3. The van der Waals surface area contributed by atoms with Crippen LogP contribution in [0.3, 0.4) is 0 Å². The van der Waals surface area contributed by atoms with Crippen LogP contribution in [0.1, 0.15) is 16.8 Å². The highest BCUT2D eigenvalue weighted by molar-refractivity contribution is 6.05. The summed E-state index contributed by atoms with van der Waals surface area (Å²) in [4.78, 5) is 48.9. The lowest BCUT2D eigenvalue weighted by Crippen LogP contribution is -2.33. The molecule has 11 heteroatoms. The van der Waals surface area contributed by atoms with Crippen LogP contribution in [-0.4, -0.2) is 62.1 Å². The van der Waals surface area contributed by atoms with Crippen molar-refractivity contribution in [1.82, 2.24) is 10.2 Å². The molecule has 2 aliphatic rings. The van der Waals surface area contributed by atoms with E-state index in [1.54, 1.807) is 36.4 Å². The number of hydrogen-bond donors (Lipinski definition) is 3. The van der Waals surface area contributed by atoms with Crippen molar-refractivity contribution in [2.75, 3.05) is 44.0 Å². The summed E-state index contributed by atoms with van der Waals surface area (Å²) in [5.74, 6) is 0.248. The molecule has 2 aliphatic heterocycles. The minimum Gasteiger partial charge on any atom is -0.493 e. The van der Waals surface area contributed by atoms with E-state index in [0.717, 1.165) is 4.90 Å². The summed E-state index contributed by atoms with van der Waals surface area (Å²) >= 11 is 0. The average Bonchev–Trinajstić information content (AvgIpc) is 3.15. The maximum absolute atomic E-state index is 12.7. The van der Waals surface area contributed by atoms with Gasteiger partial charge in [-0.15, -0.1) is 0 Å². The number of fused-ring (bicyclic) bond motifs is 1. The van der Waals surface area contributed by atoms with Crippen molar-refractivity contribution >= 4 is 35.1 Å². The zero-order chi connectivity index (χ0) is 23.4. The summed E-state index contributed by atoms with van der Waals surface area (Å²) in [5.41, 5.74) is 1.37. The Kier molecular flexibility index (Phi) is 6.29. The number of imide groups is 1. The van der Waals surface area contributed by atoms with Gasteiger partial charge in [-0.25, -0.2) is 4.79 Å². The maximum atomic E-state index is 12.7. The summed E-state index contributed by atoms with van der Waals surface area (Å²) in [5, 5.41) is 7.86. The molecule has 2 aromatic rings. The van der Waals surface area contributed by atoms with Crippen molar-refractivity contribution in [3.63, 3.8) is 0 Å².